The number of nitrogens with one attached hydrogen (secondary N) is 2. The molecule has 0 radical (unpaired) electrons. The molecule has 1 rings (SSSR count). The average Bonchev–Trinajstić information content (AvgIpc) is 2.14. The lowest BCUT2D eigenvalue weighted by Gasteiger charge is -2.31. The lowest BCUT2D eigenvalue weighted by Crippen LogP contribution is -2.47. The SMILES string of the molecule is CC(C)(C)OC(=O)N1CCN/C(=C\C(=N)Br)C1. The number of nitrogens with zero attached hydrogens (tertiary/aromatic N) is 1. The summed E-state index contributed by atoms with van der Waals surface area (Å²) in [6.07, 6.45) is 1.34. The number of carbonyl (C=O) groups is 1. The van der Waals surface area contributed by atoms with Crippen molar-refractivity contribution in [2.75, 3.05) is 19.6 Å². The van der Waals surface area contributed by atoms with Crippen molar-refractivity contribution < 1.29 is 9.53 Å². The number of rotatable bonds is 1. The molecule has 0 aromatic rings. The summed E-state index contributed by atoms with van der Waals surface area (Å²) in [5, 5.41) is 10.5. The van der Waals surface area contributed by atoms with E-state index in [1.54, 1.807) is 11.0 Å². The summed E-state index contributed by atoms with van der Waals surface area (Å²) >= 11 is 3.05. The molecule has 1 heterocycles. The Bertz CT molecular complexity index is 347. The van der Waals surface area contributed by atoms with Crippen LogP contribution in [0, 0.1) is 5.41 Å². The number of amides is 1. The van der Waals surface area contributed by atoms with E-state index < -0.39 is 5.60 Å². The number of hydrogen-bond donors (Lipinski definition) is 2. The van der Waals surface area contributed by atoms with Gasteiger partial charge in [-0.25, -0.2) is 4.79 Å². The molecule has 1 aliphatic heterocycles. The molecule has 0 spiro atoms. The second-order valence-electron chi connectivity index (χ2n) is 4.85. The molecule has 0 unspecified atom stereocenters. The van der Waals surface area contributed by atoms with Crippen LogP contribution in [-0.4, -0.2) is 40.8 Å². The number of ether oxygens (including phenoxy) is 1. The van der Waals surface area contributed by atoms with Crippen molar-refractivity contribution in [3.8, 4) is 0 Å². The molecule has 0 saturated carbocycles. The Balaban J connectivity index is 2.61. The summed E-state index contributed by atoms with van der Waals surface area (Å²) in [4.78, 5) is 13.5. The second kappa shape index (κ2) is 5.53. The lowest BCUT2D eigenvalue weighted by molar-refractivity contribution is 0.0249. The van der Waals surface area contributed by atoms with Crippen LogP contribution >= 0.6 is 15.9 Å². The van der Waals surface area contributed by atoms with E-state index in [9.17, 15) is 4.79 Å². The Morgan fingerprint density at radius 1 is 1.59 bits per heavy atom. The predicted octanol–water partition coefficient (Wildman–Crippen LogP) is 2.08. The van der Waals surface area contributed by atoms with E-state index >= 15 is 0 Å². The first-order valence-corrected chi connectivity index (χ1v) is 6.23. The monoisotopic (exact) mass is 303 g/mol. The fourth-order valence-corrected chi connectivity index (χ4v) is 1.70. The minimum Gasteiger partial charge on any atom is -0.444 e. The Morgan fingerprint density at radius 2 is 2.24 bits per heavy atom. The quantitative estimate of drug-likeness (QED) is 0.729. The molecule has 0 atom stereocenters. The number of carbonyl (C=O) groups excluding carboxylic acids is 1. The van der Waals surface area contributed by atoms with Gasteiger partial charge in [-0.2, -0.15) is 0 Å². The maximum atomic E-state index is 11.8. The normalized spacial score (nSPS) is 18.8. The first kappa shape index (κ1) is 14.0. The molecule has 0 aromatic heterocycles. The van der Waals surface area contributed by atoms with Gasteiger partial charge in [0.05, 0.1) is 11.2 Å². The van der Waals surface area contributed by atoms with Crippen LogP contribution in [0.15, 0.2) is 11.8 Å². The summed E-state index contributed by atoms with van der Waals surface area (Å²) in [5.74, 6) is 0. The molecule has 0 bridgehead atoms. The van der Waals surface area contributed by atoms with Gasteiger partial charge in [0, 0.05) is 18.8 Å². The fourth-order valence-electron chi connectivity index (χ4n) is 1.42. The summed E-state index contributed by atoms with van der Waals surface area (Å²) in [6, 6.07) is 0. The van der Waals surface area contributed by atoms with Crippen molar-refractivity contribution in [3.05, 3.63) is 11.8 Å². The zero-order valence-electron chi connectivity index (χ0n) is 10.3. The van der Waals surface area contributed by atoms with Crippen molar-refractivity contribution in [2.45, 2.75) is 26.4 Å². The second-order valence-corrected chi connectivity index (χ2v) is 5.70. The lowest BCUT2D eigenvalue weighted by atomic mass is 10.2. The van der Waals surface area contributed by atoms with Crippen LogP contribution in [-0.2, 0) is 4.74 Å². The van der Waals surface area contributed by atoms with Crippen LogP contribution in [0.2, 0.25) is 0 Å². The number of hydrogen-bond acceptors (Lipinski definition) is 4. The first-order valence-electron chi connectivity index (χ1n) is 5.44. The average molecular weight is 304 g/mol. The molecule has 5 nitrogen and oxygen atoms in total. The van der Waals surface area contributed by atoms with Gasteiger partial charge in [0.15, 0.2) is 0 Å². The molecule has 96 valence electrons. The van der Waals surface area contributed by atoms with Gasteiger partial charge in [-0.1, -0.05) is 0 Å². The summed E-state index contributed by atoms with van der Waals surface area (Å²) in [7, 11) is 0. The summed E-state index contributed by atoms with van der Waals surface area (Å²) < 4.78 is 5.58. The van der Waals surface area contributed by atoms with Gasteiger partial charge in [-0.05, 0) is 42.8 Å². The van der Waals surface area contributed by atoms with Crippen LogP contribution < -0.4 is 5.32 Å². The molecular weight excluding hydrogens is 286 g/mol. The van der Waals surface area contributed by atoms with E-state index in [4.69, 9.17) is 10.1 Å². The Hall–Kier alpha value is -1.04. The highest BCUT2D eigenvalue weighted by Gasteiger charge is 2.24. The molecule has 1 aliphatic rings. The highest BCUT2D eigenvalue weighted by Crippen LogP contribution is 2.12. The third-order valence-corrected chi connectivity index (χ3v) is 2.28. The van der Waals surface area contributed by atoms with Crippen molar-refractivity contribution in [3.63, 3.8) is 0 Å². The molecule has 0 aromatic carbocycles. The molecule has 2 N–H and O–H groups in total. The standard InChI is InChI=1S/C11H18BrN3O2/c1-11(2,3)17-10(16)15-5-4-14-8(7-15)6-9(12)13/h6,13-14H,4-5,7H2,1-3H3/b8-6-,13-9?. The van der Waals surface area contributed by atoms with Crippen molar-refractivity contribution in [1.82, 2.24) is 10.2 Å². The van der Waals surface area contributed by atoms with Crippen molar-refractivity contribution >= 4 is 26.6 Å². The minimum absolute atomic E-state index is 0.283. The van der Waals surface area contributed by atoms with Crippen LogP contribution in [0.1, 0.15) is 20.8 Å². The van der Waals surface area contributed by atoms with E-state index in [-0.39, 0.29) is 10.7 Å². The topological polar surface area (TPSA) is 65.4 Å². The molecule has 6 heteroatoms. The van der Waals surface area contributed by atoms with Crippen LogP contribution in [0.25, 0.3) is 0 Å². The van der Waals surface area contributed by atoms with Gasteiger partial charge in [-0.15, -0.1) is 0 Å². The van der Waals surface area contributed by atoms with Gasteiger partial charge < -0.3 is 15.0 Å². The molecule has 1 amide bonds. The highest BCUT2D eigenvalue weighted by molar-refractivity contribution is 9.18. The van der Waals surface area contributed by atoms with Gasteiger partial charge in [0.1, 0.15) is 5.60 Å². The Morgan fingerprint density at radius 3 is 2.76 bits per heavy atom. The van der Waals surface area contributed by atoms with Crippen molar-refractivity contribution in [1.29, 1.82) is 5.41 Å². The Labute approximate surface area is 110 Å². The third-order valence-electron chi connectivity index (χ3n) is 2.05. The highest BCUT2D eigenvalue weighted by atomic mass is 79.9. The Kier molecular flexibility index (Phi) is 4.56. The van der Waals surface area contributed by atoms with Gasteiger partial charge in [0.25, 0.3) is 0 Å². The van der Waals surface area contributed by atoms with Gasteiger partial charge in [-0.3, -0.25) is 5.41 Å². The third kappa shape index (κ3) is 5.21. The van der Waals surface area contributed by atoms with E-state index in [1.165, 1.54) is 0 Å². The number of allylic oxidation sites excluding steroid dienone is 1. The zero-order chi connectivity index (χ0) is 13.1. The molecule has 0 aliphatic carbocycles. The molecule has 1 saturated heterocycles. The molecular formula is C11H18BrN3O2. The zero-order valence-corrected chi connectivity index (χ0v) is 11.9. The summed E-state index contributed by atoms with van der Waals surface area (Å²) in [6.45, 7) is 7.27. The largest absolute Gasteiger partial charge is 0.444 e. The number of halogens is 1. The fraction of sp³-hybridized carbons (Fsp3) is 0.636. The van der Waals surface area contributed by atoms with Gasteiger partial charge in [0.2, 0.25) is 0 Å². The molecule has 17 heavy (non-hydrogen) atoms. The van der Waals surface area contributed by atoms with E-state index in [1.807, 2.05) is 20.8 Å². The van der Waals surface area contributed by atoms with E-state index in [0.717, 1.165) is 5.70 Å². The summed E-state index contributed by atoms with van der Waals surface area (Å²) in [5.41, 5.74) is 0.359. The predicted molar refractivity (Wildman–Crippen MR) is 70.5 cm³/mol. The maximum absolute atomic E-state index is 11.8. The van der Waals surface area contributed by atoms with Crippen LogP contribution in [0.5, 0.6) is 0 Å². The van der Waals surface area contributed by atoms with Crippen molar-refractivity contribution in [2.24, 2.45) is 0 Å². The minimum atomic E-state index is -0.478. The van der Waals surface area contributed by atoms with Crippen LogP contribution in [0.4, 0.5) is 4.79 Å². The van der Waals surface area contributed by atoms with Crippen LogP contribution in [0.3, 0.4) is 0 Å². The number of piperazine rings is 1. The van der Waals surface area contributed by atoms with E-state index in [2.05, 4.69) is 21.2 Å². The first-order chi connectivity index (χ1) is 7.78. The molecule has 1 fully saturated rings. The smallest absolute Gasteiger partial charge is 0.410 e. The van der Waals surface area contributed by atoms with E-state index in [0.29, 0.717) is 19.6 Å². The maximum Gasteiger partial charge on any atom is 0.410 e. The van der Waals surface area contributed by atoms with Gasteiger partial charge >= 0.3 is 6.09 Å².